The highest BCUT2D eigenvalue weighted by molar-refractivity contribution is 8.00. The Kier molecular flexibility index (Phi) is 6.07. The molecule has 0 saturated carbocycles. The molecule has 0 saturated heterocycles. The minimum absolute atomic E-state index is 0.00737. The molecule has 36 heavy (non-hydrogen) atoms. The number of H-pyrrole nitrogens is 1. The van der Waals surface area contributed by atoms with Crippen LogP contribution in [0.2, 0.25) is 0 Å². The Hall–Kier alpha value is -3.84. The van der Waals surface area contributed by atoms with Crippen molar-refractivity contribution in [1.29, 1.82) is 0 Å². The molecular formula is C29H26N4O2S. The van der Waals surface area contributed by atoms with Crippen LogP contribution in [0.3, 0.4) is 0 Å². The lowest BCUT2D eigenvalue weighted by molar-refractivity contribution is -0.116. The van der Waals surface area contributed by atoms with Gasteiger partial charge in [-0.15, -0.1) is 11.8 Å². The average Bonchev–Trinajstić information content (AvgIpc) is 3.56. The van der Waals surface area contributed by atoms with Crippen molar-refractivity contribution in [3.63, 3.8) is 0 Å². The molecule has 6 rings (SSSR count). The molecule has 6 nitrogen and oxygen atoms in total. The molecule has 2 amide bonds. The van der Waals surface area contributed by atoms with E-state index < -0.39 is 0 Å². The van der Waals surface area contributed by atoms with Crippen LogP contribution in [0.25, 0.3) is 16.6 Å². The van der Waals surface area contributed by atoms with E-state index >= 15 is 0 Å². The average molecular weight is 495 g/mol. The Balaban J connectivity index is 1.14. The highest BCUT2D eigenvalue weighted by Crippen LogP contribution is 2.32. The summed E-state index contributed by atoms with van der Waals surface area (Å²) in [4.78, 5) is 38.7. The fourth-order valence-electron chi connectivity index (χ4n) is 5.07. The van der Waals surface area contributed by atoms with Gasteiger partial charge in [0.25, 0.3) is 5.91 Å². The molecule has 0 bridgehead atoms. The van der Waals surface area contributed by atoms with E-state index in [0.29, 0.717) is 31.0 Å². The number of aromatic amines is 1. The van der Waals surface area contributed by atoms with Crippen molar-refractivity contribution in [2.75, 3.05) is 30.3 Å². The Morgan fingerprint density at radius 2 is 1.83 bits per heavy atom. The molecule has 2 aromatic heterocycles. The lowest BCUT2D eigenvalue weighted by Crippen LogP contribution is -2.35. The SMILES string of the molecule is O=C(c1ccccc1SCC(=O)N1CCc2ccccc21)N1CC=C(c2c[nH]c3ncccc23)CC1. The number of nitrogens with zero attached hydrogens (tertiary/aromatic N) is 3. The van der Waals surface area contributed by atoms with E-state index in [1.807, 2.05) is 64.5 Å². The summed E-state index contributed by atoms with van der Waals surface area (Å²) in [7, 11) is 0. The number of anilines is 1. The summed E-state index contributed by atoms with van der Waals surface area (Å²) in [5.74, 6) is 0.385. The van der Waals surface area contributed by atoms with Crippen molar-refractivity contribution in [3.8, 4) is 0 Å². The van der Waals surface area contributed by atoms with Gasteiger partial charge in [-0.2, -0.15) is 0 Å². The van der Waals surface area contributed by atoms with Crippen molar-refractivity contribution < 1.29 is 9.59 Å². The second kappa shape index (κ2) is 9.66. The van der Waals surface area contributed by atoms with Gasteiger partial charge in [0, 0.05) is 53.6 Å². The number of fused-ring (bicyclic) bond motifs is 2. The van der Waals surface area contributed by atoms with Crippen LogP contribution in [0.4, 0.5) is 5.69 Å². The third-order valence-electron chi connectivity index (χ3n) is 6.95. The Bertz CT molecular complexity index is 1490. The topological polar surface area (TPSA) is 69.3 Å². The van der Waals surface area contributed by atoms with Crippen LogP contribution in [0, 0.1) is 0 Å². The highest BCUT2D eigenvalue weighted by atomic mass is 32.2. The second-order valence-electron chi connectivity index (χ2n) is 9.04. The first kappa shape index (κ1) is 22.6. The minimum Gasteiger partial charge on any atom is -0.346 e. The largest absolute Gasteiger partial charge is 0.346 e. The maximum atomic E-state index is 13.5. The molecule has 4 heterocycles. The first-order valence-corrected chi connectivity index (χ1v) is 13.2. The number of amides is 2. The summed E-state index contributed by atoms with van der Waals surface area (Å²) in [6, 6.07) is 19.7. The first-order valence-electron chi connectivity index (χ1n) is 12.2. The summed E-state index contributed by atoms with van der Waals surface area (Å²) >= 11 is 1.44. The molecule has 2 aromatic carbocycles. The van der Waals surface area contributed by atoms with E-state index in [-0.39, 0.29) is 11.8 Å². The minimum atomic E-state index is 0.00737. The molecule has 0 aliphatic carbocycles. The molecule has 7 heteroatoms. The first-order chi connectivity index (χ1) is 17.7. The second-order valence-corrected chi connectivity index (χ2v) is 10.1. The third kappa shape index (κ3) is 4.20. The van der Waals surface area contributed by atoms with Gasteiger partial charge < -0.3 is 14.8 Å². The van der Waals surface area contributed by atoms with Gasteiger partial charge in [-0.05, 0) is 54.3 Å². The van der Waals surface area contributed by atoms with Crippen LogP contribution in [0.5, 0.6) is 0 Å². The van der Waals surface area contributed by atoms with Crippen LogP contribution in [0.1, 0.15) is 27.9 Å². The number of pyridine rings is 1. The maximum Gasteiger partial charge on any atom is 0.255 e. The number of nitrogens with one attached hydrogen (secondary N) is 1. The van der Waals surface area contributed by atoms with E-state index in [1.54, 1.807) is 6.20 Å². The number of hydrogen-bond acceptors (Lipinski definition) is 4. The van der Waals surface area contributed by atoms with Gasteiger partial charge in [0.2, 0.25) is 5.91 Å². The standard InChI is InChI=1S/C29H26N4O2S/c34-27(33-17-13-21-6-1-3-9-25(21)33)19-36-26-10-4-2-7-23(26)29(35)32-15-11-20(12-16-32)24-18-31-28-22(24)8-5-14-30-28/h1-11,14,18H,12-13,15-17,19H2,(H,30,31). The van der Waals surface area contributed by atoms with Gasteiger partial charge in [0.15, 0.2) is 0 Å². The molecule has 0 fully saturated rings. The summed E-state index contributed by atoms with van der Waals surface area (Å²) < 4.78 is 0. The lowest BCUT2D eigenvalue weighted by Gasteiger charge is -2.27. The molecule has 0 unspecified atom stereocenters. The zero-order chi connectivity index (χ0) is 24.5. The third-order valence-corrected chi connectivity index (χ3v) is 8.01. The van der Waals surface area contributed by atoms with E-state index in [1.165, 1.54) is 22.9 Å². The number of thioether (sulfide) groups is 1. The number of rotatable bonds is 5. The molecule has 2 aliphatic rings. The summed E-state index contributed by atoms with van der Waals surface area (Å²) in [6.07, 6.45) is 7.60. The van der Waals surface area contributed by atoms with Gasteiger partial charge in [-0.1, -0.05) is 36.4 Å². The van der Waals surface area contributed by atoms with Crippen LogP contribution < -0.4 is 4.90 Å². The monoisotopic (exact) mass is 494 g/mol. The number of hydrogen-bond donors (Lipinski definition) is 1. The number of para-hydroxylation sites is 1. The lowest BCUT2D eigenvalue weighted by atomic mass is 9.99. The van der Waals surface area contributed by atoms with Gasteiger partial charge in [-0.25, -0.2) is 4.98 Å². The number of aromatic nitrogens is 2. The molecule has 180 valence electrons. The number of carbonyl (C=O) groups is 2. The Labute approximate surface area is 214 Å². The van der Waals surface area contributed by atoms with Gasteiger partial charge in [-0.3, -0.25) is 9.59 Å². The van der Waals surface area contributed by atoms with Crippen molar-refractivity contribution in [3.05, 3.63) is 95.8 Å². The van der Waals surface area contributed by atoms with Crippen molar-refractivity contribution in [1.82, 2.24) is 14.9 Å². The molecule has 1 N–H and O–H groups in total. The molecule has 2 aliphatic heterocycles. The quantitative estimate of drug-likeness (QED) is 0.389. The fourth-order valence-corrected chi connectivity index (χ4v) is 5.99. The normalized spacial score (nSPS) is 15.2. The molecule has 0 atom stereocenters. The summed E-state index contributed by atoms with van der Waals surface area (Å²) in [5.41, 5.74) is 6.15. The summed E-state index contributed by atoms with van der Waals surface area (Å²) in [5, 5.41) is 1.11. The van der Waals surface area contributed by atoms with E-state index in [0.717, 1.165) is 40.0 Å². The smallest absolute Gasteiger partial charge is 0.255 e. The predicted molar refractivity (Wildman–Crippen MR) is 144 cm³/mol. The molecule has 0 spiro atoms. The zero-order valence-electron chi connectivity index (χ0n) is 19.8. The molecular weight excluding hydrogens is 468 g/mol. The highest BCUT2D eigenvalue weighted by Gasteiger charge is 2.26. The van der Waals surface area contributed by atoms with Crippen LogP contribution in [-0.2, 0) is 11.2 Å². The van der Waals surface area contributed by atoms with Crippen molar-refractivity contribution in [2.24, 2.45) is 0 Å². The summed E-state index contributed by atoms with van der Waals surface area (Å²) in [6.45, 7) is 1.93. The maximum absolute atomic E-state index is 13.5. The van der Waals surface area contributed by atoms with Gasteiger partial charge >= 0.3 is 0 Å². The Morgan fingerprint density at radius 1 is 0.972 bits per heavy atom. The van der Waals surface area contributed by atoms with E-state index in [2.05, 4.69) is 28.2 Å². The molecule has 4 aromatic rings. The Morgan fingerprint density at radius 3 is 2.72 bits per heavy atom. The number of benzene rings is 2. The molecule has 0 radical (unpaired) electrons. The van der Waals surface area contributed by atoms with E-state index in [9.17, 15) is 9.59 Å². The van der Waals surface area contributed by atoms with Crippen LogP contribution in [0.15, 0.2) is 84.0 Å². The predicted octanol–water partition coefficient (Wildman–Crippen LogP) is 5.17. The van der Waals surface area contributed by atoms with E-state index in [4.69, 9.17) is 0 Å². The number of carbonyl (C=O) groups excluding carboxylic acids is 2. The van der Waals surface area contributed by atoms with Gasteiger partial charge in [0.05, 0.1) is 11.3 Å². The van der Waals surface area contributed by atoms with Crippen molar-refractivity contribution >= 4 is 45.9 Å². The fraction of sp³-hybridized carbons (Fsp3) is 0.207. The zero-order valence-corrected chi connectivity index (χ0v) is 20.6. The van der Waals surface area contributed by atoms with Crippen molar-refractivity contribution in [2.45, 2.75) is 17.7 Å². The van der Waals surface area contributed by atoms with Crippen LogP contribution >= 0.6 is 11.8 Å². The van der Waals surface area contributed by atoms with Crippen LogP contribution in [-0.4, -0.2) is 52.1 Å². The van der Waals surface area contributed by atoms with Gasteiger partial charge in [0.1, 0.15) is 5.65 Å².